The van der Waals surface area contributed by atoms with E-state index in [4.69, 9.17) is 9.47 Å². The standard InChI is InChI=1S/C16H24BrNO3/c1-13(2)12-20-10-3-4-16(19)18-14-5-7-15(8-6-14)21-11-9-17/h5-8,13H,3-4,9-12H2,1-2H3,(H,18,19). The van der Waals surface area contributed by atoms with Crippen molar-refractivity contribution in [3.8, 4) is 5.75 Å². The van der Waals surface area contributed by atoms with Gasteiger partial charge in [0.05, 0.1) is 6.61 Å². The van der Waals surface area contributed by atoms with Gasteiger partial charge in [-0.2, -0.15) is 0 Å². The summed E-state index contributed by atoms with van der Waals surface area (Å²) in [6, 6.07) is 7.39. The summed E-state index contributed by atoms with van der Waals surface area (Å²) in [5.74, 6) is 1.34. The topological polar surface area (TPSA) is 47.6 Å². The second-order valence-corrected chi connectivity index (χ2v) is 5.98. The Hall–Kier alpha value is -1.07. The molecular formula is C16H24BrNO3. The van der Waals surface area contributed by atoms with Crippen molar-refractivity contribution >= 4 is 27.5 Å². The van der Waals surface area contributed by atoms with Crippen molar-refractivity contribution in [1.29, 1.82) is 0 Å². The van der Waals surface area contributed by atoms with E-state index in [1.807, 2.05) is 24.3 Å². The maximum absolute atomic E-state index is 11.8. The minimum absolute atomic E-state index is 0.0114. The molecule has 0 aliphatic rings. The Kier molecular flexibility index (Phi) is 9.10. The van der Waals surface area contributed by atoms with Gasteiger partial charge in [0.15, 0.2) is 0 Å². The normalized spacial score (nSPS) is 10.7. The summed E-state index contributed by atoms with van der Waals surface area (Å²) >= 11 is 3.30. The molecule has 1 rings (SSSR count). The van der Waals surface area contributed by atoms with E-state index in [-0.39, 0.29) is 5.91 Å². The molecule has 0 aliphatic carbocycles. The van der Waals surface area contributed by atoms with Crippen LogP contribution in [0.1, 0.15) is 26.7 Å². The van der Waals surface area contributed by atoms with Crippen LogP contribution in [0.3, 0.4) is 0 Å². The Labute approximate surface area is 135 Å². The van der Waals surface area contributed by atoms with Crippen molar-refractivity contribution in [2.45, 2.75) is 26.7 Å². The minimum atomic E-state index is 0.0114. The summed E-state index contributed by atoms with van der Waals surface area (Å²) in [4.78, 5) is 11.8. The van der Waals surface area contributed by atoms with Gasteiger partial charge in [-0.05, 0) is 36.6 Å². The number of nitrogens with one attached hydrogen (secondary N) is 1. The second kappa shape index (κ2) is 10.6. The lowest BCUT2D eigenvalue weighted by Crippen LogP contribution is -2.12. The molecule has 0 bridgehead atoms. The maximum Gasteiger partial charge on any atom is 0.224 e. The van der Waals surface area contributed by atoms with Crippen molar-refractivity contribution in [3.63, 3.8) is 0 Å². The minimum Gasteiger partial charge on any atom is -0.493 e. The van der Waals surface area contributed by atoms with Crippen molar-refractivity contribution in [1.82, 2.24) is 0 Å². The highest BCUT2D eigenvalue weighted by Crippen LogP contribution is 2.16. The number of hydrogen-bond donors (Lipinski definition) is 1. The number of carbonyl (C=O) groups is 1. The Morgan fingerprint density at radius 2 is 1.95 bits per heavy atom. The van der Waals surface area contributed by atoms with Crippen LogP contribution < -0.4 is 10.1 Å². The third-order valence-corrected chi connectivity index (χ3v) is 2.95. The molecule has 0 heterocycles. The van der Waals surface area contributed by atoms with E-state index < -0.39 is 0 Å². The zero-order valence-corrected chi connectivity index (χ0v) is 14.3. The van der Waals surface area contributed by atoms with Crippen molar-refractivity contribution in [2.24, 2.45) is 5.92 Å². The van der Waals surface area contributed by atoms with E-state index in [0.717, 1.165) is 29.8 Å². The van der Waals surface area contributed by atoms with E-state index in [9.17, 15) is 4.79 Å². The van der Waals surface area contributed by atoms with E-state index in [2.05, 4.69) is 35.1 Å². The average Bonchev–Trinajstić information content (AvgIpc) is 2.46. The quantitative estimate of drug-likeness (QED) is 0.511. The van der Waals surface area contributed by atoms with E-state index in [1.165, 1.54) is 0 Å². The third kappa shape index (κ3) is 8.73. The fourth-order valence-electron chi connectivity index (χ4n) is 1.67. The Morgan fingerprint density at radius 3 is 2.57 bits per heavy atom. The van der Waals surface area contributed by atoms with E-state index in [1.54, 1.807) is 0 Å². The van der Waals surface area contributed by atoms with Gasteiger partial charge in [0.1, 0.15) is 5.75 Å². The zero-order chi connectivity index (χ0) is 15.5. The molecule has 0 fully saturated rings. The van der Waals surface area contributed by atoms with Crippen LogP contribution >= 0.6 is 15.9 Å². The monoisotopic (exact) mass is 357 g/mol. The molecule has 1 amide bonds. The molecule has 0 saturated carbocycles. The summed E-state index contributed by atoms with van der Waals surface area (Å²) in [6.45, 7) is 6.22. The highest BCUT2D eigenvalue weighted by molar-refractivity contribution is 9.09. The number of rotatable bonds is 10. The van der Waals surface area contributed by atoms with Gasteiger partial charge in [0.2, 0.25) is 5.91 Å². The van der Waals surface area contributed by atoms with Crippen LogP contribution in [-0.2, 0) is 9.53 Å². The van der Waals surface area contributed by atoms with Crippen molar-refractivity contribution < 1.29 is 14.3 Å². The van der Waals surface area contributed by atoms with Crippen LogP contribution in [0.25, 0.3) is 0 Å². The highest BCUT2D eigenvalue weighted by atomic mass is 79.9. The number of amides is 1. The second-order valence-electron chi connectivity index (χ2n) is 5.18. The molecule has 0 aromatic heterocycles. The van der Waals surface area contributed by atoms with Gasteiger partial charge in [0.25, 0.3) is 0 Å². The number of ether oxygens (including phenoxy) is 2. The number of hydrogen-bond acceptors (Lipinski definition) is 3. The molecule has 5 heteroatoms. The lowest BCUT2D eigenvalue weighted by atomic mass is 10.2. The predicted octanol–water partition coefficient (Wildman–Crippen LogP) is 3.85. The summed E-state index contributed by atoms with van der Waals surface area (Å²) in [5, 5.41) is 3.66. The first-order chi connectivity index (χ1) is 10.1. The maximum atomic E-state index is 11.8. The number of alkyl halides is 1. The first-order valence-corrected chi connectivity index (χ1v) is 8.40. The molecule has 0 spiro atoms. The van der Waals surface area contributed by atoms with Gasteiger partial charge in [-0.1, -0.05) is 29.8 Å². The lowest BCUT2D eigenvalue weighted by molar-refractivity contribution is -0.116. The average molecular weight is 358 g/mol. The van der Waals surface area contributed by atoms with Crippen molar-refractivity contribution in [3.05, 3.63) is 24.3 Å². The first-order valence-electron chi connectivity index (χ1n) is 7.28. The summed E-state index contributed by atoms with van der Waals surface area (Å²) in [6.07, 6.45) is 1.21. The summed E-state index contributed by atoms with van der Waals surface area (Å²) < 4.78 is 10.9. The molecule has 0 saturated heterocycles. The Bertz CT molecular complexity index is 406. The van der Waals surface area contributed by atoms with Gasteiger partial charge in [0, 0.05) is 30.7 Å². The van der Waals surface area contributed by atoms with Gasteiger partial charge >= 0.3 is 0 Å². The molecule has 0 unspecified atom stereocenters. The summed E-state index contributed by atoms with van der Waals surface area (Å²) in [7, 11) is 0. The molecule has 1 aromatic carbocycles. The molecule has 1 aromatic rings. The van der Waals surface area contributed by atoms with Crippen LogP contribution in [0.15, 0.2) is 24.3 Å². The van der Waals surface area contributed by atoms with Crippen LogP contribution in [-0.4, -0.2) is 31.1 Å². The SMILES string of the molecule is CC(C)COCCCC(=O)Nc1ccc(OCCBr)cc1. The number of halogens is 1. The van der Waals surface area contributed by atoms with E-state index in [0.29, 0.717) is 25.6 Å². The smallest absolute Gasteiger partial charge is 0.224 e. The Morgan fingerprint density at radius 1 is 1.24 bits per heavy atom. The number of benzene rings is 1. The van der Waals surface area contributed by atoms with E-state index >= 15 is 0 Å². The van der Waals surface area contributed by atoms with Crippen LogP contribution in [0.2, 0.25) is 0 Å². The predicted molar refractivity (Wildman–Crippen MR) is 89.3 cm³/mol. The molecule has 1 N–H and O–H groups in total. The van der Waals surface area contributed by atoms with Crippen molar-refractivity contribution in [2.75, 3.05) is 30.5 Å². The fourth-order valence-corrected chi connectivity index (χ4v) is 1.83. The molecule has 21 heavy (non-hydrogen) atoms. The third-order valence-electron chi connectivity index (χ3n) is 2.63. The molecule has 118 valence electrons. The number of carbonyl (C=O) groups excluding carboxylic acids is 1. The molecule has 0 atom stereocenters. The molecule has 0 aliphatic heterocycles. The fraction of sp³-hybridized carbons (Fsp3) is 0.562. The summed E-state index contributed by atoms with van der Waals surface area (Å²) in [5.41, 5.74) is 0.786. The van der Waals surface area contributed by atoms with Crippen LogP contribution in [0.4, 0.5) is 5.69 Å². The zero-order valence-electron chi connectivity index (χ0n) is 12.7. The van der Waals surface area contributed by atoms with Crippen LogP contribution in [0, 0.1) is 5.92 Å². The Balaban J connectivity index is 2.21. The van der Waals surface area contributed by atoms with Crippen LogP contribution in [0.5, 0.6) is 5.75 Å². The number of anilines is 1. The van der Waals surface area contributed by atoms with Gasteiger partial charge in [-0.25, -0.2) is 0 Å². The molecule has 0 radical (unpaired) electrons. The lowest BCUT2D eigenvalue weighted by Gasteiger charge is -2.08. The molecule has 4 nitrogen and oxygen atoms in total. The first kappa shape index (κ1) is 18.0. The highest BCUT2D eigenvalue weighted by Gasteiger charge is 2.03. The van der Waals surface area contributed by atoms with Gasteiger partial charge < -0.3 is 14.8 Å². The van der Waals surface area contributed by atoms with Gasteiger partial charge in [-0.3, -0.25) is 4.79 Å². The molecular weight excluding hydrogens is 334 g/mol. The largest absolute Gasteiger partial charge is 0.493 e. The van der Waals surface area contributed by atoms with Gasteiger partial charge in [-0.15, -0.1) is 0 Å².